The van der Waals surface area contributed by atoms with Gasteiger partial charge in [0.2, 0.25) is 0 Å². The normalized spacial score (nSPS) is 28.4. The Morgan fingerprint density at radius 1 is 1.41 bits per heavy atom. The van der Waals surface area contributed by atoms with Gasteiger partial charge in [-0.3, -0.25) is 14.2 Å². The van der Waals surface area contributed by atoms with Crippen molar-refractivity contribution in [3.8, 4) is 0 Å². The van der Waals surface area contributed by atoms with Gasteiger partial charge in [-0.1, -0.05) is 11.8 Å². The summed E-state index contributed by atoms with van der Waals surface area (Å²) < 4.78 is 6.41. The largest absolute Gasteiger partial charge is 0.388 e. The lowest BCUT2D eigenvalue weighted by molar-refractivity contribution is -0.178. The number of hydrogen-bond donors (Lipinski definition) is 4. The van der Waals surface area contributed by atoms with Crippen molar-refractivity contribution in [1.82, 2.24) is 9.55 Å². The molecule has 10 heteroatoms. The van der Waals surface area contributed by atoms with E-state index in [9.17, 15) is 24.9 Å². The lowest BCUT2D eigenvalue weighted by atomic mass is 10.0. The molecule has 1 aromatic heterocycles. The highest BCUT2D eigenvalue weighted by atomic mass is 32.2. The first-order valence-electron chi connectivity index (χ1n) is 6.43. The van der Waals surface area contributed by atoms with Gasteiger partial charge in [0, 0.05) is 7.05 Å². The van der Waals surface area contributed by atoms with Crippen LogP contribution in [0.2, 0.25) is 0 Å². The number of ether oxygens (including phenoxy) is 1. The number of carbonyl (C=O) groups is 1. The summed E-state index contributed by atoms with van der Waals surface area (Å²) in [6.07, 6.45) is -3.08. The van der Waals surface area contributed by atoms with E-state index in [0.717, 1.165) is 0 Å². The van der Waals surface area contributed by atoms with Gasteiger partial charge in [0.25, 0.3) is 5.56 Å². The zero-order valence-corrected chi connectivity index (χ0v) is 12.8. The van der Waals surface area contributed by atoms with Crippen LogP contribution in [-0.4, -0.2) is 68.6 Å². The molecule has 0 aromatic carbocycles. The summed E-state index contributed by atoms with van der Waals surface area (Å²) in [6, 6.07) is 0. The van der Waals surface area contributed by atoms with Gasteiger partial charge in [-0.05, 0) is 6.26 Å². The van der Waals surface area contributed by atoms with Crippen molar-refractivity contribution in [1.29, 1.82) is 0 Å². The van der Waals surface area contributed by atoms with Gasteiger partial charge < -0.3 is 25.4 Å². The molecule has 0 saturated carbocycles. The van der Waals surface area contributed by atoms with Gasteiger partial charge in [-0.2, -0.15) is 0 Å². The Kier molecular flexibility index (Phi) is 5.19. The van der Waals surface area contributed by atoms with Gasteiger partial charge in [0.05, 0.1) is 6.61 Å². The fraction of sp³-hybridized carbons (Fsp3) is 0.583. The molecule has 4 atom stereocenters. The van der Waals surface area contributed by atoms with Crippen LogP contribution < -0.4 is 10.9 Å². The topological polar surface area (TPSA) is 134 Å². The van der Waals surface area contributed by atoms with Crippen LogP contribution in [0.5, 0.6) is 0 Å². The van der Waals surface area contributed by atoms with E-state index < -0.39 is 30.1 Å². The van der Waals surface area contributed by atoms with Crippen LogP contribution in [0.4, 0.5) is 5.82 Å². The van der Waals surface area contributed by atoms with Crippen molar-refractivity contribution in [2.45, 2.75) is 29.7 Å². The molecule has 122 valence electrons. The second-order valence-corrected chi connectivity index (χ2v) is 5.56. The highest BCUT2D eigenvalue weighted by Gasteiger charge is 2.38. The van der Waals surface area contributed by atoms with Crippen molar-refractivity contribution < 1.29 is 24.9 Å². The van der Waals surface area contributed by atoms with E-state index in [-0.39, 0.29) is 18.0 Å². The number of aliphatic hydroxyl groups excluding tert-OH is 3. The number of rotatable bonds is 4. The first-order chi connectivity index (χ1) is 10.4. The Bertz CT molecular complexity index is 622. The summed E-state index contributed by atoms with van der Waals surface area (Å²) in [5.74, 6) is -0.0462. The quantitative estimate of drug-likeness (QED) is 0.285. The SMILES string of the molecule is CSc1nc(NC2OCC(O)C(O)C2O)c(C=O)c(=O)n1C. The van der Waals surface area contributed by atoms with Gasteiger partial charge >= 0.3 is 0 Å². The minimum Gasteiger partial charge on any atom is -0.388 e. The standard InChI is InChI=1S/C12H17N3O6S/c1-15-11(20)5(3-16)9(14-12(15)22-2)13-10-8(19)7(18)6(17)4-21-10/h3,6-8,10,13,17-19H,4H2,1-2H3. The minimum absolute atomic E-state index is 0.0462. The molecule has 1 aliphatic heterocycles. The third-order valence-electron chi connectivity index (χ3n) is 3.36. The van der Waals surface area contributed by atoms with Gasteiger partial charge in [0.1, 0.15) is 29.7 Å². The number of carbonyl (C=O) groups excluding carboxylic acids is 1. The molecule has 4 N–H and O–H groups in total. The van der Waals surface area contributed by atoms with Crippen molar-refractivity contribution in [2.75, 3.05) is 18.2 Å². The zero-order valence-electron chi connectivity index (χ0n) is 12.0. The Morgan fingerprint density at radius 2 is 2.09 bits per heavy atom. The fourth-order valence-corrected chi connectivity index (χ4v) is 2.61. The van der Waals surface area contributed by atoms with Crippen LogP contribution in [0.25, 0.3) is 0 Å². The Morgan fingerprint density at radius 3 is 2.68 bits per heavy atom. The molecule has 0 aliphatic carbocycles. The molecule has 1 aromatic rings. The molecular formula is C12H17N3O6S. The highest BCUT2D eigenvalue weighted by Crippen LogP contribution is 2.20. The predicted octanol–water partition coefficient (Wildman–Crippen LogP) is -1.83. The summed E-state index contributed by atoms with van der Waals surface area (Å²) in [4.78, 5) is 27.4. The first kappa shape index (κ1) is 16.9. The number of thioether (sulfide) groups is 1. The van der Waals surface area contributed by atoms with E-state index in [0.29, 0.717) is 11.4 Å². The number of hydrogen-bond acceptors (Lipinski definition) is 9. The van der Waals surface area contributed by atoms with Crippen molar-refractivity contribution >= 4 is 23.9 Å². The molecule has 2 rings (SSSR count). The number of anilines is 1. The molecule has 22 heavy (non-hydrogen) atoms. The van der Waals surface area contributed by atoms with E-state index in [1.807, 2.05) is 0 Å². The average molecular weight is 331 g/mol. The van der Waals surface area contributed by atoms with E-state index in [2.05, 4.69) is 10.3 Å². The van der Waals surface area contributed by atoms with Crippen molar-refractivity contribution in [3.63, 3.8) is 0 Å². The number of nitrogens with zero attached hydrogens (tertiary/aromatic N) is 2. The number of aldehydes is 1. The second kappa shape index (κ2) is 6.75. The molecule has 0 bridgehead atoms. The third-order valence-corrected chi connectivity index (χ3v) is 4.10. The molecule has 1 saturated heterocycles. The van der Waals surface area contributed by atoms with Crippen LogP contribution in [-0.2, 0) is 11.8 Å². The molecule has 4 unspecified atom stereocenters. The molecule has 0 spiro atoms. The number of nitrogens with one attached hydrogen (secondary N) is 1. The lowest BCUT2D eigenvalue weighted by Gasteiger charge is -2.35. The summed E-state index contributed by atoms with van der Waals surface area (Å²) in [5, 5.41) is 31.9. The van der Waals surface area contributed by atoms with Crippen LogP contribution in [0.15, 0.2) is 9.95 Å². The van der Waals surface area contributed by atoms with E-state index >= 15 is 0 Å². The molecule has 9 nitrogen and oxygen atoms in total. The molecule has 1 aliphatic rings. The third kappa shape index (κ3) is 3.01. The monoisotopic (exact) mass is 331 g/mol. The van der Waals surface area contributed by atoms with Crippen LogP contribution >= 0.6 is 11.8 Å². The van der Waals surface area contributed by atoms with Crippen LogP contribution in [0.1, 0.15) is 10.4 Å². The fourth-order valence-electron chi connectivity index (χ4n) is 2.07. The Labute approximate surface area is 129 Å². The average Bonchev–Trinajstić information content (AvgIpc) is 2.51. The maximum absolute atomic E-state index is 12.1. The Balaban J connectivity index is 2.35. The van der Waals surface area contributed by atoms with E-state index in [1.165, 1.54) is 23.4 Å². The molecular weight excluding hydrogens is 314 g/mol. The van der Waals surface area contributed by atoms with Crippen LogP contribution in [0.3, 0.4) is 0 Å². The maximum atomic E-state index is 12.1. The zero-order chi connectivity index (χ0) is 16.4. The molecule has 1 fully saturated rings. The van der Waals surface area contributed by atoms with Gasteiger partial charge in [0.15, 0.2) is 17.7 Å². The second-order valence-electron chi connectivity index (χ2n) is 4.79. The maximum Gasteiger partial charge on any atom is 0.266 e. The van der Waals surface area contributed by atoms with Gasteiger partial charge in [-0.15, -0.1) is 0 Å². The Hall–Kier alpha value is -1.46. The summed E-state index contributed by atoms with van der Waals surface area (Å²) in [7, 11) is 1.49. The van der Waals surface area contributed by atoms with Crippen molar-refractivity contribution in [3.05, 3.63) is 15.9 Å². The van der Waals surface area contributed by atoms with E-state index in [4.69, 9.17) is 4.74 Å². The first-order valence-corrected chi connectivity index (χ1v) is 7.65. The summed E-state index contributed by atoms with van der Waals surface area (Å²) in [5.41, 5.74) is -0.751. The highest BCUT2D eigenvalue weighted by molar-refractivity contribution is 7.98. The predicted molar refractivity (Wildman–Crippen MR) is 78.0 cm³/mol. The summed E-state index contributed by atoms with van der Waals surface area (Å²) in [6.45, 7) is -0.202. The van der Waals surface area contributed by atoms with Gasteiger partial charge in [-0.25, -0.2) is 4.98 Å². The smallest absolute Gasteiger partial charge is 0.266 e. The molecule has 2 heterocycles. The minimum atomic E-state index is -1.44. The van der Waals surface area contributed by atoms with E-state index in [1.54, 1.807) is 6.26 Å². The van der Waals surface area contributed by atoms with Crippen molar-refractivity contribution in [2.24, 2.45) is 7.05 Å². The molecule has 0 amide bonds. The lowest BCUT2D eigenvalue weighted by Crippen LogP contribution is -2.55. The molecule has 0 radical (unpaired) electrons. The summed E-state index contributed by atoms with van der Waals surface area (Å²) >= 11 is 1.21. The van der Waals surface area contributed by atoms with Crippen LogP contribution in [0, 0.1) is 0 Å². The number of aliphatic hydroxyl groups is 3. The number of aromatic nitrogens is 2.